The van der Waals surface area contributed by atoms with Crippen LogP contribution in [0.2, 0.25) is 0 Å². The standard InChI is InChI=1S/C21H26N2O/c1-15-14-23(21(24)18-8-9-18)11-10-20(15)22-13-16-6-7-17-4-2-3-5-19(17)12-16/h2-7,12,15,18,20,22H,8-11,13-14H2,1H3/t15-,20-/m1/s1. The predicted octanol–water partition coefficient (Wildman–Crippen LogP) is 3.58. The van der Waals surface area contributed by atoms with Crippen LogP contribution in [-0.4, -0.2) is 29.9 Å². The van der Waals surface area contributed by atoms with Gasteiger partial charge in [-0.25, -0.2) is 0 Å². The summed E-state index contributed by atoms with van der Waals surface area (Å²) >= 11 is 0. The summed E-state index contributed by atoms with van der Waals surface area (Å²) in [4.78, 5) is 14.3. The lowest BCUT2D eigenvalue weighted by atomic mass is 9.93. The molecule has 1 saturated heterocycles. The normalized spacial score (nSPS) is 24.3. The number of fused-ring (bicyclic) bond motifs is 1. The molecule has 2 atom stereocenters. The summed E-state index contributed by atoms with van der Waals surface area (Å²) in [6.07, 6.45) is 3.27. The molecule has 1 aliphatic carbocycles. The molecule has 1 amide bonds. The molecule has 0 unspecified atom stereocenters. The lowest BCUT2D eigenvalue weighted by Gasteiger charge is -2.37. The summed E-state index contributed by atoms with van der Waals surface area (Å²) < 4.78 is 0. The number of hydrogen-bond donors (Lipinski definition) is 1. The number of carbonyl (C=O) groups is 1. The minimum atomic E-state index is 0.347. The molecule has 3 heteroatoms. The van der Waals surface area contributed by atoms with Crippen LogP contribution in [0, 0.1) is 11.8 Å². The van der Waals surface area contributed by atoms with Gasteiger partial charge in [0.2, 0.25) is 5.91 Å². The van der Waals surface area contributed by atoms with Gasteiger partial charge in [-0.3, -0.25) is 4.79 Å². The Hall–Kier alpha value is -1.87. The van der Waals surface area contributed by atoms with E-state index in [0.29, 0.717) is 23.8 Å². The Morgan fingerprint density at radius 3 is 2.67 bits per heavy atom. The maximum absolute atomic E-state index is 12.2. The monoisotopic (exact) mass is 322 g/mol. The molecular formula is C21H26N2O. The first-order valence-corrected chi connectivity index (χ1v) is 9.20. The van der Waals surface area contributed by atoms with Crippen LogP contribution in [0.5, 0.6) is 0 Å². The minimum absolute atomic E-state index is 0.347. The van der Waals surface area contributed by atoms with Crippen LogP contribution in [0.1, 0.15) is 31.7 Å². The average Bonchev–Trinajstić information content (AvgIpc) is 3.45. The summed E-state index contributed by atoms with van der Waals surface area (Å²) in [5, 5.41) is 6.31. The van der Waals surface area contributed by atoms with Crippen molar-refractivity contribution in [3.63, 3.8) is 0 Å². The third-order valence-corrected chi connectivity index (χ3v) is 5.53. The first-order valence-electron chi connectivity index (χ1n) is 9.20. The number of likely N-dealkylation sites (tertiary alicyclic amines) is 1. The molecule has 2 aromatic carbocycles. The average molecular weight is 322 g/mol. The van der Waals surface area contributed by atoms with Crippen LogP contribution < -0.4 is 5.32 Å². The number of rotatable bonds is 4. The molecule has 0 radical (unpaired) electrons. The molecule has 126 valence electrons. The largest absolute Gasteiger partial charge is 0.342 e. The third kappa shape index (κ3) is 3.32. The van der Waals surface area contributed by atoms with Crippen LogP contribution in [0.4, 0.5) is 0 Å². The SMILES string of the molecule is C[C@@H]1CN(C(=O)C2CC2)CC[C@H]1NCc1ccc2ccccc2c1. The van der Waals surface area contributed by atoms with Crippen molar-refractivity contribution in [1.29, 1.82) is 0 Å². The molecule has 0 aromatic heterocycles. The molecule has 1 heterocycles. The first-order chi connectivity index (χ1) is 11.7. The van der Waals surface area contributed by atoms with Crippen molar-refractivity contribution in [2.45, 2.75) is 38.8 Å². The Morgan fingerprint density at radius 2 is 1.92 bits per heavy atom. The van der Waals surface area contributed by atoms with Gasteiger partial charge in [0.25, 0.3) is 0 Å². The Morgan fingerprint density at radius 1 is 1.12 bits per heavy atom. The van der Waals surface area contributed by atoms with E-state index in [1.807, 2.05) is 0 Å². The highest BCUT2D eigenvalue weighted by atomic mass is 16.2. The Bertz CT molecular complexity index is 737. The van der Waals surface area contributed by atoms with E-state index in [0.717, 1.165) is 38.9 Å². The number of benzene rings is 2. The van der Waals surface area contributed by atoms with Gasteiger partial charge in [0.05, 0.1) is 0 Å². The second-order valence-corrected chi connectivity index (χ2v) is 7.49. The topological polar surface area (TPSA) is 32.3 Å². The molecule has 2 aromatic rings. The molecule has 2 aliphatic rings. The highest BCUT2D eigenvalue weighted by Crippen LogP contribution is 2.32. The van der Waals surface area contributed by atoms with E-state index in [4.69, 9.17) is 0 Å². The van der Waals surface area contributed by atoms with Crippen LogP contribution in [0.25, 0.3) is 10.8 Å². The van der Waals surface area contributed by atoms with Crippen molar-refractivity contribution in [3.8, 4) is 0 Å². The van der Waals surface area contributed by atoms with Gasteiger partial charge in [0, 0.05) is 31.6 Å². The summed E-state index contributed by atoms with van der Waals surface area (Å²) in [5.74, 6) is 1.26. The predicted molar refractivity (Wildman–Crippen MR) is 97.7 cm³/mol. The number of piperidine rings is 1. The smallest absolute Gasteiger partial charge is 0.225 e. The van der Waals surface area contributed by atoms with Gasteiger partial charge in [0.1, 0.15) is 0 Å². The van der Waals surface area contributed by atoms with E-state index in [-0.39, 0.29) is 0 Å². The molecule has 3 nitrogen and oxygen atoms in total. The van der Waals surface area contributed by atoms with Gasteiger partial charge in [-0.2, -0.15) is 0 Å². The summed E-state index contributed by atoms with van der Waals surface area (Å²) in [6.45, 7) is 4.99. The molecule has 0 bridgehead atoms. The third-order valence-electron chi connectivity index (χ3n) is 5.53. The van der Waals surface area contributed by atoms with Gasteiger partial charge in [-0.05, 0) is 47.6 Å². The number of amides is 1. The van der Waals surface area contributed by atoms with Gasteiger partial charge >= 0.3 is 0 Å². The second-order valence-electron chi connectivity index (χ2n) is 7.49. The molecule has 4 rings (SSSR count). The Balaban J connectivity index is 1.34. The number of nitrogens with zero attached hydrogens (tertiary/aromatic N) is 1. The van der Waals surface area contributed by atoms with E-state index >= 15 is 0 Å². The molecular weight excluding hydrogens is 296 g/mol. The van der Waals surface area contributed by atoms with E-state index in [1.54, 1.807) is 0 Å². The van der Waals surface area contributed by atoms with E-state index in [2.05, 4.69) is 59.6 Å². The Labute approximate surface area is 144 Å². The van der Waals surface area contributed by atoms with Gasteiger partial charge < -0.3 is 10.2 Å². The molecule has 1 aliphatic heterocycles. The van der Waals surface area contributed by atoms with E-state index in [1.165, 1.54) is 16.3 Å². The van der Waals surface area contributed by atoms with Crippen LogP contribution in [0.3, 0.4) is 0 Å². The van der Waals surface area contributed by atoms with Crippen molar-refractivity contribution >= 4 is 16.7 Å². The number of nitrogens with one attached hydrogen (secondary N) is 1. The lowest BCUT2D eigenvalue weighted by Crippen LogP contribution is -2.50. The fraction of sp³-hybridized carbons (Fsp3) is 0.476. The van der Waals surface area contributed by atoms with Crippen molar-refractivity contribution < 1.29 is 4.79 Å². The first kappa shape index (κ1) is 15.6. The number of carbonyl (C=O) groups excluding carboxylic acids is 1. The Kier molecular flexibility index (Phi) is 4.28. The molecule has 0 spiro atoms. The van der Waals surface area contributed by atoms with Gasteiger partial charge in [-0.15, -0.1) is 0 Å². The zero-order chi connectivity index (χ0) is 16.5. The highest BCUT2D eigenvalue weighted by molar-refractivity contribution is 5.83. The van der Waals surface area contributed by atoms with E-state index in [9.17, 15) is 4.79 Å². The van der Waals surface area contributed by atoms with Crippen LogP contribution in [0.15, 0.2) is 42.5 Å². The fourth-order valence-electron chi connectivity index (χ4n) is 3.84. The lowest BCUT2D eigenvalue weighted by molar-refractivity contribution is -0.134. The van der Waals surface area contributed by atoms with Gasteiger partial charge in [-0.1, -0.05) is 43.3 Å². The van der Waals surface area contributed by atoms with Crippen LogP contribution in [-0.2, 0) is 11.3 Å². The van der Waals surface area contributed by atoms with Crippen molar-refractivity contribution in [1.82, 2.24) is 10.2 Å². The van der Waals surface area contributed by atoms with Crippen molar-refractivity contribution in [2.24, 2.45) is 11.8 Å². The minimum Gasteiger partial charge on any atom is -0.342 e. The maximum Gasteiger partial charge on any atom is 0.225 e. The number of hydrogen-bond acceptors (Lipinski definition) is 2. The summed E-state index contributed by atoms with van der Waals surface area (Å²) in [5.41, 5.74) is 1.33. The summed E-state index contributed by atoms with van der Waals surface area (Å²) in [7, 11) is 0. The second kappa shape index (κ2) is 6.56. The molecule has 1 N–H and O–H groups in total. The van der Waals surface area contributed by atoms with E-state index < -0.39 is 0 Å². The summed E-state index contributed by atoms with van der Waals surface area (Å²) in [6, 6.07) is 15.7. The molecule has 24 heavy (non-hydrogen) atoms. The maximum atomic E-state index is 12.2. The highest BCUT2D eigenvalue weighted by Gasteiger charge is 2.36. The van der Waals surface area contributed by atoms with Gasteiger partial charge in [0.15, 0.2) is 0 Å². The molecule has 2 fully saturated rings. The quantitative estimate of drug-likeness (QED) is 0.933. The zero-order valence-corrected chi connectivity index (χ0v) is 14.4. The molecule has 1 saturated carbocycles. The van der Waals surface area contributed by atoms with Crippen molar-refractivity contribution in [2.75, 3.05) is 13.1 Å². The van der Waals surface area contributed by atoms with Crippen molar-refractivity contribution in [3.05, 3.63) is 48.0 Å². The zero-order valence-electron chi connectivity index (χ0n) is 14.4. The fourth-order valence-corrected chi connectivity index (χ4v) is 3.84. The van der Waals surface area contributed by atoms with Crippen LogP contribution >= 0.6 is 0 Å².